The lowest BCUT2D eigenvalue weighted by atomic mass is 9.89. The number of benzene rings is 1. The fourth-order valence-corrected chi connectivity index (χ4v) is 2.61. The molecule has 3 rings (SSSR count). The van der Waals surface area contributed by atoms with E-state index in [1.165, 1.54) is 24.0 Å². The number of hydrogen-bond acceptors (Lipinski definition) is 3. The van der Waals surface area contributed by atoms with E-state index in [2.05, 4.69) is 13.0 Å². The Hall–Kier alpha value is -1.22. The zero-order valence-electron chi connectivity index (χ0n) is 9.58. The molecule has 1 saturated carbocycles. The summed E-state index contributed by atoms with van der Waals surface area (Å²) in [7, 11) is 0. The van der Waals surface area contributed by atoms with Crippen molar-refractivity contribution < 1.29 is 9.47 Å². The molecule has 1 aliphatic heterocycles. The van der Waals surface area contributed by atoms with E-state index in [4.69, 9.17) is 15.2 Å². The zero-order valence-corrected chi connectivity index (χ0v) is 9.58. The molecule has 1 aromatic carbocycles. The van der Waals surface area contributed by atoms with E-state index in [0.717, 1.165) is 24.5 Å². The first-order valence-electron chi connectivity index (χ1n) is 5.93. The first-order valence-corrected chi connectivity index (χ1v) is 5.93. The van der Waals surface area contributed by atoms with Crippen molar-refractivity contribution in [2.24, 2.45) is 5.73 Å². The maximum Gasteiger partial charge on any atom is 0.231 e. The van der Waals surface area contributed by atoms with E-state index in [1.807, 2.05) is 6.07 Å². The van der Waals surface area contributed by atoms with Crippen LogP contribution in [-0.2, 0) is 11.8 Å². The molecule has 1 aliphatic carbocycles. The molecule has 0 aromatic heterocycles. The average Bonchev–Trinajstić information content (AvgIpc) is 2.98. The van der Waals surface area contributed by atoms with Gasteiger partial charge in [-0.05, 0) is 30.9 Å². The van der Waals surface area contributed by atoms with Gasteiger partial charge in [0.1, 0.15) is 0 Å². The predicted molar refractivity (Wildman–Crippen MR) is 61.9 cm³/mol. The molecule has 16 heavy (non-hydrogen) atoms. The van der Waals surface area contributed by atoms with Crippen LogP contribution in [0.15, 0.2) is 12.1 Å². The van der Waals surface area contributed by atoms with Crippen molar-refractivity contribution >= 4 is 0 Å². The van der Waals surface area contributed by atoms with Crippen LogP contribution in [0.5, 0.6) is 11.5 Å². The van der Waals surface area contributed by atoms with E-state index < -0.39 is 0 Å². The topological polar surface area (TPSA) is 44.5 Å². The smallest absolute Gasteiger partial charge is 0.231 e. The van der Waals surface area contributed by atoms with E-state index in [-0.39, 0.29) is 5.41 Å². The van der Waals surface area contributed by atoms with Gasteiger partial charge in [0, 0.05) is 17.5 Å². The van der Waals surface area contributed by atoms with Crippen LogP contribution in [0, 0.1) is 0 Å². The first kappa shape index (κ1) is 9.97. The number of nitrogens with two attached hydrogens (primary N) is 1. The van der Waals surface area contributed by atoms with Gasteiger partial charge in [0.25, 0.3) is 0 Å². The Balaban J connectivity index is 2.12. The van der Waals surface area contributed by atoms with Crippen LogP contribution in [0.2, 0.25) is 0 Å². The molecule has 1 heterocycles. The van der Waals surface area contributed by atoms with Crippen LogP contribution < -0.4 is 15.2 Å². The molecule has 0 bridgehead atoms. The van der Waals surface area contributed by atoms with Gasteiger partial charge in [0.2, 0.25) is 6.79 Å². The van der Waals surface area contributed by atoms with Crippen molar-refractivity contribution in [3.05, 3.63) is 23.3 Å². The molecule has 0 radical (unpaired) electrons. The van der Waals surface area contributed by atoms with Crippen molar-refractivity contribution in [1.29, 1.82) is 0 Å². The summed E-state index contributed by atoms with van der Waals surface area (Å²) in [6, 6.07) is 4.19. The lowest BCUT2D eigenvalue weighted by molar-refractivity contribution is 0.173. The summed E-state index contributed by atoms with van der Waals surface area (Å²) in [5, 5.41) is 0. The minimum absolute atomic E-state index is 0.228. The minimum atomic E-state index is 0.228. The summed E-state index contributed by atoms with van der Waals surface area (Å²) >= 11 is 0. The third kappa shape index (κ3) is 1.24. The van der Waals surface area contributed by atoms with Gasteiger partial charge in [-0.15, -0.1) is 0 Å². The van der Waals surface area contributed by atoms with Crippen LogP contribution in [0.4, 0.5) is 0 Å². The Morgan fingerprint density at radius 2 is 2.12 bits per heavy atom. The highest BCUT2D eigenvalue weighted by Gasteiger charge is 2.45. The first-order chi connectivity index (χ1) is 7.80. The molecule has 0 atom stereocenters. The minimum Gasteiger partial charge on any atom is -0.454 e. The number of hydrogen-bond donors (Lipinski definition) is 1. The SMILES string of the molecule is CCc1c(C2(CN)CC2)ccc2c1OCO2. The lowest BCUT2D eigenvalue weighted by Gasteiger charge is -2.18. The Morgan fingerprint density at radius 1 is 1.31 bits per heavy atom. The van der Waals surface area contributed by atoms with Crippen LogP contribution >= 0.6 is 0 Å². The Labute approximate surface area is 95.5 Å². The summed E-state index contributed by atoms with van der Waals surface area (Å²) in [4.78, 5) is 0. The summed E-state index contributed by atoms with van der Waals surface area (Å²) < 4.78 is 11.0. The highest BCUT2D eigenvalue weighted by molar-refractivity contribution is 5.55. The summed E-state index contributed by atoms with van der Waals surface area (Å²) in [6.07, 6.45) is 3.38. The fraction of sp³-hybridized carbons (Fsp3) is 0.538. The van der Waals surface area contributed by atoms with Crippen LogP contribution in [0.1, 0.15) is 30.9 Å². The van der Waals surface area contributed by atoms with E-state index in [0.29, 0.717) is 6.79 Å². The molecule has 3 nitrogen and oxygen atoms in total. The van der Waals surface area contributed by atoms with Crippen LogP contribution in [0.25, 0.3) is 0 Å². The number of fused-ring (bicyclic) bond motifs is 1. The third-order valence-electron chi connectivity index (χ3n) is 3.81. The predicted octanol–water partition coefficient (Wildman–Crippen LogP) is 1.97. The maximum absolute atomic E-state index is 5.90. The molecule has 0 unspecified atom stereocenters. The molecule has 0 spiro atoms. The van der Waals surface area contributed by atoms with E-state index in [1.54, 1.807) is 0 Å². The monoisotopic (exact) mass is 219 g/mol. The Bertz CT molecular complexity index is 424. The second kappa shape index (κ2) is 3.39. The Kier molecular flexibility index (Phi) is 2.11. The second-order valence-corrected chi connectivity index (χ2v) is 4.66. The van der Waals surface area contributed by atoms with Crippen molar-refractivity contribution in [3.8, 4) is 11.5 Å². The fourth-order valence-electron chi connectivity index (χ4n) is 2.61. The molecule has 1 aromatic rings. The second-order valence-electron chi connectivity index (χ2n) is 4.66. The van der Waals surface area contributed by atoms with Gasteiger partial charge in [-0.25, -0.2) is 0 Å². The van der Waals surface area contributed by atoms with Crippen LogP contribution in [-0.4, -0.2) is 13.3 Å². The van der Waals surface area contributed by atoms with E-state index in [9.17, 15) is 0 Å². The van der Waals surface area contributed by atoms with Crippen molar-refractivity contribution in [3.63, 3.8) is 0 Å². The summed E-state index contributed by atoms with van der Waals surface area (Å²) in [5.41, 5.74) is 8.79. The normalized spacial score (nSPS) is 19.9. The molecule has 86 valence electrons. The molecule has 1 fully saturated rings. The van der Waals surface area contributed by atoms with Crippen molar-refractivity contribution in [2.45, 2.75) is 31.6 Å². The Morgan fingerprint density at radius 3 is 2.75 bits per heavy atom. The van der Waals surface area contributed by atoms with Crippen molar-refractivity contribution in [1.82, 2.24) is 0 Å². The maximum atomic E-state index is 5.90. The van der Waals surface area contributed by atoms with Gasteiger partial charge in [-0.3, -0.25) is 0 Å². The summed E-state index contributed by atoms with van der Waals surface area (Å²) in [5.74, 6) is 1.83. The summed E-state index contributed by atoms with van der Waals surface area (Å²) in [6.45, 7) is 3.24. The van der Waals surface area contributed by atoms with E-state index >= 15 is 0 Å². The molecule has 0 amide bonds. The van der Waals surface area contributed by atoms with Crippen LogP contribution in [0.3, 0.4) is 0 Å². The molecule has 0 saturated heterocycles. The standard InChI is InChI=1S/C13H17NO2/c1-2-9-10(13(7-14)5-6-13)3-4-11-12(9)16-8-15-11/h3-4H,2,5-8,14H2,1H3. The van der Waals surface area contributed by atoms with Gasteiger partial charge >= 0.3 is 0 Å². The zero-order chi connectivity index (χ0) is 11.2. The number of rotatable bonds is 3. The van der Waals surface area contributed by atoms with Gasteiger partial charge in [-0.1, -0.05) is 13.0 Å². The van der Waals surface area contributed by atoms with Gasteiger partial charge in [0.15, 0.2) is 11.5 Å². The molecule has 2 aliphatic rings. The average molecular weight is 219 g/mol. The molecule has 3 heteroatoms. The number of ether oxygens (including phenoxy) is 2. The molecular weight excluding hydrogens is 202 g/mol. The lowest BCUT2D eigenvalue weighted by Crippen LogP contribution is -2.21. The highest BCUT2D eigenvalue weighted by Crippen LogP contribution is 2.52. The van der Waals surface area contributed by atoms with Crippen molar-refractivity contribution in [2.75, 3.05) is 13.3 Å². The quantitative estimate of drug-likeness (QED) is 0.845. The van der Waals surface area contributed by atoms with Gasteiger partial charge in [0.05, 0.1) is 0 Å². The van der Waals surface area contributed by atoms with Gasteiger partial charge in [-0.2, -0.15) is 0 Å². The third-order valence-corrected chi connectivity index (χ3v) is 3.81. The van der Waals surface area contributed by atoms with Gasteiger partial charge < -0.3 is 15.2 Å². The largest absolute Gasteiger partial charge is 0.454 e. The highest BCUT2D eigenvalue weighted by atomic mass is 16.7. The molecular formula is C13H17NO2. The molecule has 2 N–H and O–H groups in total.